The first-order valence-corrected chi connectivity index (χ1v) is 11.9. The van der Waals surface area contributed by atoms with E-state index in [0.29, 0.717) is 16.8 Å². The Morgan fingerprint density at radius 2 is 1.54 bits per heavy atom. The van der Waals surface area contributed by atoms with Crippen molar-refractivity contribution in [2.24, 2.45) is 0 Å². The van der Waals surface area contributed by atoms with E-state index in [1.54, 1.807) is 38.1 Å². The molecule has 1 aliphatic heterocycles. The predicted molar refractivity (Wildman–Crippen MR) is 132 cm³/mol. The van der Waals surface area contributed by atoms with E-state index in [2.05, 4.69) is 10.6 Å². The van der Waals surface area contributed by atoms with Gasteiger partial charge in [0.05, 0.1) is 17.4 Å². The number of carbonyl (C=O) groups is 4. The lowest BCUT2D eigenvalue weighted by molar-refractivity contribution is -0.120. The number of ether oxygens (including phenoxy) is 1. The van der Waals surface area contributed by atoms with Crippen molar-refractivity contribution < 1.29 is 23.9 Å². The Bertz CT molecular complexity index is 1180. The molecule has 0 atom stereocenters. The van der Waals surface area contributed by atoms with Crippen molar-refractivity contribution in [1.82, 2.24) is 5.32 Å². The van der Waals surface area contributed by atoms with Crippen molar-refractivity contribution in [2.75, 3.05) is 10.2 Å². The molecule has 0 unspecified atom stereocenters. The highest BCUT2D eigenvalue weighted by Crippen LogP contribution is 2.30. The zero-order valence-corrected chi connectivity index (χ0v) is 20.2. The quantitative estimate of drug-likeness (QED) is 0.437. The van der Waals surface area contributed by atoms with E-state index in [-0.39, 0.29) is 34.5 Å². The Morgan fingerprint density at radius 1 is 0.943 bits per heavy atom. The summed E-state index contributed by atoms with van der Waals surface area (Å²) >= 11 is 6.20. The smallest absolute Gasteiger partial charge is 0.338 e. The lowest BCUT2D eigenvalue weighted by Crippen LogP contribution is -2.32. The number of hydrogen-bond donors (Lipinski definition) is 2. The van der Waals surface area contributed by atoms with Crippen molar-refractivity contribution in [3.8, 4) is 0 Å². The van der Waals surface area contributed by atoms with Gasteiger partial charge in [-0.05, 0) is 75.2 Å². The molecule has 1 aliphatic carbocycles. The molecule has 3 amide bonds. The molecule has 0 aromatic heterocycles. The van der Waals surface area contributed by atoms with Crippen LogP contribution in [0.2, 0.25) is 0 Å². The minimum atomic E-state index is -0.677. The lowest BCUT2D eigenvalue weighted by atomic mass is 10.1. The highest BCUT2D eigenvalue weighted by molar-refractivity contribution is 6.53. The molecule has 1 fully saturated rings. The van der Waals surface area contributed by atoms with Crippen molar-refractivity contribution in [2.45, 2.75) is 51.7 Å². The number of esters is 1. The van der Waals surface area contributed by atoms with Gasteiger partial charge in [0.25, 0.3) is 17.7 Å². The second-order valence-electron chi connectivity index (χ2n) is 8.79. The molecule has 0 saturated heterocycles. The number of rotatable bonds is 7. The number of imide groups is 1. The van der Waals surface area contributed by atoms with Gasteiger partial charge in [-0.3, -0.25) is 14.4 Å². The van der Waals surface area contributed by atoms with E-state index in [1.807, 2.05) is 0 Å². The van der Waals surface area contributed by atoms with Crippen LogP contribution in [-0.4, -0.2) is 35.8 Å². The largest absolute Gasteiger partial charge is 0.459 e. The summed E-state index contributed by atoms with van der Waals surface area (Å²) in [4.78, 5) is 51.1. The summed E-state index contributed by atoms with van der Waals surface area (Å²) in [7, 11) is 0. The highest BCUT2D eigenvalue weighted by atomic mass is 35.5. The van der Waals surface area contributed by atoms with E-state index in [0.717, 1.165) is 30.6 Å². The SMILES string of the molecule is CC(C)OC(=O)c1ccc(N2C(=O)C(Cl)=C(Nc3ccc(C(=O)NC4CCCC4)cc3)C2=O)cc1. The number of amides is 3. The summed E-state index contributed by atoms with van der Waals surface area (Å²) in [6.45, 7) is 3.49. The van der Waals surface area contributed by atoms with Crippen LogP contribution in [0.3, 0.4) is 0 Å². The average molecular weight is 496 g/mol. The molecule has 2 aromatic carbocycles. The molecule has 9 heteroatoms. The van der Waals surface area contributed by atoms with Gasteiger partial charge in [-0.15, -0.1) is 0 Å². The minimum Gasteiger partial charge on any atom is -0.459 e. The summed E-state index contributed by atoms with van der Waals surface area (Å²) in [6.07, 6.45) is 3.98. The highest BCUT2D eigenvalue weighted by Gasteiger charge is 2.39. The van der Waals surface area contributed by atoms with Crippen molar-refractivity contribution >= 4 is 46.7 Å². The fraction of sp³-hybridized carbons (Fsp3) is 0.308. The van der Waals surface area contributed by atoms with Crippen LogP contribution >= 0.6 is 11.6 Å². The fourth-order valence-electron chi connectivity index (χ4n) is 4.06. The van der Waals surface area contributed by atoms with E-state index in [4.69, 9.17) is 16.3 Å². The third kappa shape index (κ3) is 5.38. The molecule has 1 saturated carbocycles. The van der Waals surface area contributed by atoms with Crippen LogP contribution in [0.1, 0.15) is 60.2 Å². The molecule has 0 bridgehead atoms. The van der Waals surface area contributed by atoms with Crippen molar-refractivity contribution in [3.63, 3.8) is 0 Å². The lowest BCUT2D eigenvalue weighted by Gasteiger charge is -2.16. The number of hydrogen-bond acceptors (Lipinski definition) is 6. The van der Waals surface area contributed by atoms with Gasteiger partial charge < -0.3 is 15.4 Å². The number of benzene rings is 2. The molecule has 4 rings (SSSR count). The molecule has 2 aliphatic rings. The summed E-state index contributed by atoms with van der Waals surface area (Å²) in [6, 6.07) is 12.7. The van der Waals surface area contributed by atoms with Crippen LogP contribution in [0.15, 0.2) is 59.3 Å². The number of nitrogens with one attached hydrogen (secondary N) is 2. The van der Waals surface area contributed by atoms with Crippen molar-refractivity contribution in [1.29, 1.82) is 0 Å². The Kier molecular flexibility index (Phi) is 7.21. The standard InChI is InChI=1S/C26H26ClN3O5/c1-15(2)35-26(34)17-9-13-20(14-10-17)30-24(32)21(27)22(25(30)33)28-19-11-7-16(8-12-19)23(31)29-18-5-3-4-6-18/h7-15,18,28H,3-6H2,1-2H3,(H,29,31). The van der Waals surface area contributed by atoms with Gasteiger partial charge in [0.2, 0.25) is 0 Å². The zero-order valence-electron chi connectivity index (χ0n) is 19.5. The molecular formula is C26H26ClN3O5. The number of halogens is 1. The van der Waals surface area contributed by atoms with Crippen LogP contribution in [0.25, 0.3) is 0 Å². The molecule has 2 aromatic rings. The second kappa shape index (κ2) is 10.3. The van der Waals surface area contributed by atoms with Crippen LogP contribution in [0.5, 0.6) is 0 Å². The molecule has 182 valence electrons. The molecule has 1 heterocycles. The number of anilines is 2. The fourth-order valence-corrected chi connectivity index (χ4v) is 4.28. The maximum atomic E-state index is 13.0. The second-order valence-corrected chi connectivity index (χ2v) is 9.17. The maximum absolute atomic E-state index is 13.0. The van der Waals surface area contributed by atoms with E-state index >= 15 is 0 Å². The topological polar surface area (TPSA) is 105 Å². The monoisotopic (exact) mass is 495 g/mol. The third-order valence-corrected chi connectivity index (χ3v) is 6.19. The van der Waals surface area contributed by atoms with Gasteiger partial charge in [0, 0.05) is 17.3 Å². The molecule has 0 radical (unpaired) electrons. The summed E-state index contributed by atoms with van der Waals surface area (Å²) < 4.78 is 5.15. The molecule has 35 heavy (non-hydrogen) atoms. The number of carbonyl (C=O) groups excluding carboxylic acids is 4. The molecule has 2 N–H and O–H groups in total. The van der Waals surface area contributed by atoms with Gasteiger partial charge in [0.15, 0.2) is 0 Å². The first-order valence-electron chi connectivity index (χ1n) is 11.5. The van der Waals surface area contributed by atoms with Gasteiger partial charge in [-0.2, -0.15) is 0 Å². The zero-order chi connectivity index (χ0) is 25.1. The maximum Gasteiger partial charge on any atom is 0.338 e. The van der Waals surface area contributed by atoms with Gasteiger partial charge >= 0.3 is 5.97 Å². The third-order valence-electron chi connectivity index (χ3n) is 5.84. The van der Waals surface area contributed by atoms with E-state index in [1.165, 1.54) is 24.3 Å². The first-order chi connectivity index (χ1) is 16.7. The normalized spacial score (nSPS) is 16.3. The molecule has 0 spiro atoms. The predicted octanol–water partition coefficient (Wildman–Crippen LogP) is 4.36. The number of nitrogens with zero attached hydrogens (tertiary/aromatic N) is 1. The Morgan fingerprint density at radius 3 is 2.14 bits per heavy atom. The Hall–Kier alpha value is -3.65. The van der Waals surface area contributed by atoms with E-state index in [9.17, 15) is 19.2 Å². The molecular weight excluding hydrogens is 470 g/mol. The van der Waals surface area contributed by atoms with Gasteiger partial charge in [-0.1, -0.05) is 24.4 Å². The minimum absolute atomic E-state index is 0.0666. The van der Waals surface area contributed by atoms with Crippen LogP contribution in [0.4, 0.5) is 11.4 Å². The molecule has 8 nitrogen and oxygen atoms in total. The Balaban J connectivity index is 1.44. The first kappa shape index (κ1) is 24.5. The summed E-state index contributed by atoms with van der Waals surface area (Å²) in [5.41, 5.74) is 1.52. The average Bonchev–Trinajstić information content (AvgIpc) is 3.42. The summed E-state index contributed by atoms with van der Waals surface area (Å²) in [5, 5.41) is 5.67. The van der Waals surface area contributed by atoms with Crippen LogP contribution in [0, 0.1) is 0 Å². The van der Waals surface area contributed by atoms with Gasteiger partial charge in [-0.25, -0.2) is 9.69 Å². The van der Waals surface area contributed by atoms with Gasteiger partial charge in [0.1, 0.15) is 10.7 Å². The van der Waals surface area contributed by atoms with E-state index < -0.39 is 17.8 Å². The van der Waals surface area contributed by atoms with Crippen molar-refractivity contribution in [3.05, 3.63) is 70.4 Å². The van der Waals surface area contributed by atoms with Crippen LogP contribution < -0.4 is 15.5 Å². The Labute approximate surface area is 208 Å². The summed E-state index contributed by atoms with van der Waals surface area (Å²) in [5.74, 6) is -1.94. The van der Waals surface area contributed by atoms with Crippen LogP contribution in [-0.2, 0) is 14.3 Å².